The van der Waals surface area contributed by atoms with E-state index in [9.17, 15) is 13.2 Å². The third-order valence-electron chi connectivity index (χ3n) is 3.55. The molecule has 5 nitrogen and oxygen atoms in total. The Hall–Kier alpha value is -2.34. The number of anilines is 2. The number of carbonyl (C=O) groups is 1. The van der Waals surface area contributed by atoms with Gasteiger partial charge in [-0.15, -0.1) is 0 Å². The van der Waals surface area contributed by atoms with Crippen LogP contribution in [0.5, 0.6) is 0 Å². The average molecular weight is 332 g/mol. The van der Waals surface area contributed by atoms with Crippen molar-refractivity contribution in [3.8, 4) is 0 Å². The zero-order valence-corrected chi connectivity index (χ0v) is 14.2. The van der Waals surface area contributed by atoms with Gasteiger partial charge in [0.1, 0.15) is 6.04 Å². The van der Waals surface area contributed by atoms with E-state index in [0.717, 1.165) is 10.6 Å². The molecule has 0 spiro atoms. The highest BCUT2D eigenvalue weighted by Gasteiger charge is 2.31. The first-order chi connectivity index (χ1) is 10.8. The molecule has 0 N–H and O–H groups in total. The van der Waals surface area contributed by atoms with E-state index < -0.39 is 16.1 Å². The Bertz CT molecular complexity index is 761. The van der Waals surface area contributed by atoms with Crippen LogP contribution in [0.15, 0.2) is 60.7 Å². The Morgan fingerprint density at radius 3 is 1.78 bits per heavy atom. The van der Waals surface area contributed by atoms with E-state index in [2.05, 4.69) is 0 Å². The molecule has 122 valence electrons. The molecule has 0 aliphatic rings. The molecule has 0 aromatic heterocycles. The number of benzene rings is 2. The molecular weight excluding hydrogens is 312 g/mol. The van der Waals surface area contributed by atoms with Gasteiger partial charge in [-0.05, 0) is 31.2 Å². The van der Waals surface area contributed by atoms with Gasteiger partial charge in [0.15, 0.2) is 0 Å². The number of carbonyl (C=O) groups excluding carboxylic acids is 1. The van der Waals surface area contributed by atoms with Gasteiger partial charge in [-0.25, -0.2) is 8.42 Å². The van der Waals surface area contributed by atoms with Crippen molar-refractivity contribution in [3.63, 3.8) is 0 Å². The largest absolute Gasteiger partial charge is 0.314 e. The van der Waals surface area contributed by atoms with E-state index in [1.165, 1.54) is 4.90 Å². The lowest BCUT2D eigenvalue weighted by atomic mass is 10.2. The summed E-state index contributed by atoms with van der Waals surface area (Å²) in [5.74, 6) is -0.300. The summed E-state index contributed by atoms with van der Waals surface area (Å²) in [6.45, 7) is 1.59. The summed E-state index contributed by atoms with van der Waals surface area (Å²) in [6.07, 6.45) is 1.10. The number of rotatable bonds is 5. The second-order valence-corrected chi connectivity index (χ2v) is 7.16. The summed E-state index contributed by atoms with van der Waals surface area (Å²) in [4.78, 5) is 14.2. The first-order valence-corrected chi connectivity index (χ1v) is 9.04. The minimum atomic E-state index is -3.59. The van der Waals surface area contributed by atoms with Crippen LogP contribution in [0.3, 0.4) is 0 Å². The van der Waals surface area contributed by atoms with E-state index in [1.807, 2.05) is 18.2 Å². The lowest BCUT2D eigenvalue weighted by Crippen LogP contribution is -2.48. The van der Waals surface area contributed by atoms with Crippen LogP contribution in [0.1, 0.15) is 6.92 Å². The van der Waals surface area contributed by atoms with Gasteiger partial charge in [-0.2, -0.15) is 0 Å². The summed E-state index contributed by atoms with van der Waals surface area (Å²) in [5, 5.41) is 0. The topological polar surface area (TPSA) is 57.7 Å². The van der Waals surface area contributed by atoms with Crippen molar-refractivity contribution in [2.45, 2.75) is 13.0 Å². The smallest absolute Gasteiger partial charge is 0.250 e. The molecule has 2 rings (SSSR count). The molecule has 1 atom stereocenters. The molecule has 0 fully saturated rings. The zero-order chi connectivity index (χ0) is 17.0. The van der Waals surface area contributed by atoms with Crippen LogP contribution in [-0.2, 0) is 14.8 Å². The van der Waals surface area contributed by atoms with Crippen molar-refractivity contribution in [1.29, 1.82) is 0 Å². The van der Waals surface area contributed by atoms with E-state index in [0.29, 0.717) is 11.4 Å². The molecule has 0 aliphatic carbocycles. The Kier molecular flexibility index (Phi) is 5.05. The average Bonchev–Trinajstić information content (AvgIpc) is 2.54. The predicted octanol–water partition coefficient (Wildman–Crippen LogP) is 2.50. The lowest BCUT2D eigenvalue weighted by Gasteiger charge is -2.31. The maximum Gasteiger partial charge on any atom is 0.250 e. The molecule has 2 aromatic carbocycles. The highest BCUT2D eigenvalue weighted by Crippen LogP contribution is 2.22. The van der Waals surface area contributed by atoms with Gasteiger partial charge < -0.3 is 4.90 Å². The highest BCUT2D eigenvalue weighted by atomic mass is 32.2. The van der Waals surface area contributed by atoms with Crippen molar-refractivity contribution in [2.24, 2.45) is 0 Å². The Morgan fingerprint density at radius 1 is 0.913 bits per heavy atom. The summed E-state index contributed by atoms with van der Waals surface area (Å²) in [5.41, 5.74) is 1.18. The molecule has 0 saturated heterocycles. The minimum absolute atomic E-state index is 0.300. The normalized spacial score (nSPS) is 12.5. The molecule has 6 heteroatoms. The Morgan fingerprint density at radius 2 is 1.35 bits per heavy atom. The van der Waals surface area contributed by atoms with Crippen LogP contribution in [0.4, 0.5) is 11.4 Å². The van der Waals surface area contributed by atoms with Crippen LogP contribution in [0.25, 0.3) is 0 Å². The molecule has 23 heavy (non-hydrogen) atoms. The van der Waals surface area contributed by atoms with E-state index in [-0.39, 0.29) is 5.91 Å². The summed E-state index contributed by atoms with van der Waals surface area (Å²) < 4.78 is 25.5. The third kappa shape index (κ3) is 3.90. The molecule has 0 bridgehead atoms. The fraction of sp³-hybridized carbons (Fsp3) is 0.235. The molecular formula is C17H20N2O3S. The second kappa shape index (κ2) is 6.83. The van der Waals surface area contributed by atoms with E-state index in [1.54, 1.807) is 56.4 Å². The Balaban J connectivity index is 2.35. The standard InChI is InChI=1S/C17H20N2O3S/c1-14(17(20)18(2)15-10-6-4-7-11-15)19(23(3,21)22)16-12-8-5-9-13-16/h4-14H,1-3H3. The molecule has 0 aliphatic heterocycles. The maximum atomic E-state index is 12.7. The van der Waals surface area contributed by atoms with Crippen molar-refractivity contribution >= 4 is 27.3 Å². The molecule has 0 heterocycles. The number of amides is 1. The summed E-state index contributed by atoms with van der Waals surface area (Å²) in [6, 6.07) is 16.9. The van der Waals surface area contributed by atoms with Crippen LogP contribution in [0.2, 0.25) is 0 Å². The van der Waals surface area contributed by atoms with Crippen molar-refractivity contribution in [3.05, 3.63) is 60.7 Å². The summed E-state index contributed by atoms with van der Waals surface area (Å²) >= 11 is 0. The zero-order valence-electron chi connectivity index (χ0n) is 13.4. The fourth-order valence-electron chi connectivity index (χ4n) is 2.44. The van der Waals surface area contributed by atoms with Gasteiger partial charge >= 0.3 is 0 Å². The molecule has 0 radical (unpaired) electrons. The van der Waals surface area contributed by atoms with Gasteiger partial charge in [-0.3, -0.25) is 9.10 Å². The lowest BCUT2D eigenvalue weighted by molar-refractivity contribution is -0.119. The number of hydrogen-bond acceptors (Lipinski definition) is 3. The molecule has 1 unspecified atom stereocenters. The van der Waals surface area contributed by atoms with Crippen LogP contribution in [-0.4, -0.2) is 33.7 Å². The summed E-state index contributed by atoms with van der Waals surface area (Å²) in [7, 11) is -1.95. The van der Waals surface area contributed by atoms with Crippen LogP contribution >= 0.6 is 0 Å². The van der Waals surface area contributed by atoms with Gasteiger partial charge in [-0.1, -0.05) is 36.4 Å². The van der Waals surface area contributed by atoms with E-state index >= 15 is 0 Å². The van der Waals surface area contributed by atoms with Crippen LogP contribution < -0.4 is 9.21 Å². The van der Waals surface area contributed by atoms with Gasteiger partial charge in [0.25, 0.3) is 0 Å². The highest BCUT2D eigenvalue weighted by molar-refractivity contribution is 7.92. The fourth-order valence-corrected chi connectivity index (χ4v) is 3.61. The molecule has 2 aromatic rings. The number of hydrogen-bond donors (Lipinski definition) is 0. The Labute approximate surface area is 137 Å². The first kappa shape index (κ1) is 17.0. The predicted molar refractivity (Wildman–Crippen MR) is 93.1 cm³/mol. The van der Waals surface area contributed by atoms with Gasteiger partial charge in [0, 0.05) is 12.7 Å². The van der Waals surface area contributed by atoms with Crippen molar-refractivity contribution in [2.75, 3.05) is 22.5 Å². The van der Waals surface area contributed by atoms with Gasteiger partial charge in [0.05, 0.1) is 11.9 Å². The molecule has 0 saturated carbocycles. The monoisotopic (exact) mass is 332 g/mol. The minimum Gasteiger partial charge on any atom is -0.314 e. The van der Waals surface area contributed by atoms with Crippen molar-refractivity contribution in [1.82, 2.24) is 0 Å². The van der Waals surface area contributed by atoms with Crippen LogP contribution in [0, 0.1) is 0 Å². The van der Waals surface area contributed by atoms with Crippen molar-refractivity contribution < 1.29 is 13.2 Å². The number of para-hydroxylation sites is 2. The number of sulfonamides is 1. The van der Waals surface area contributed by atoms with Gasteiger partial charge in [0.2, 0.25) is 15.9 Å². The number of likely N-dealkylation sites (N-methyl/N-ethyl adjacent to an activating group) is 1. The maximum absolute atomic E-state index is 12.7. The first-order valence-electron chi connectivity index (χ1n) is 7.19. The third-order valence-corrected chi connectivity index (χ3v) is 4.79. The van der Waals surface area contributed by atoms with E-state index in [4.69, 9.17) is 0 Å². The molecule has 1 amide bonds. The number of nitrogens with zero attached hydrogens (tertiary/aromatic N) is 2. The SMILES string of the molecule is CC(C(=O)N(C)c1ccccc1)N(c1ccccc1)S(C)(=O)=O. The second-order valence-electron chi connectivity index (χ2n) is 5.30. The quantitative estimate of drug-likeness (QED) is 0.845.